The first kappa shape index (κ1) is 23.4. The normalized spacial score (nSPS) is 21.3. The third-order valence-corrected chi connectivity index (χ3v) is 7.53. The Kier molecular flexibility index (Phi) is 5.76. The number of β-amino-alcohol motifs (C(OH)–C–C–N with tert-alkyl or cyclic N) is 1. The predicted octanol–water partition coefficient (Wildman–Crippen LogP) is 3.93. The minimum Gasteiger partial charge on any atom is -0.388 e. The molecule has 1 aliphatic heterocycles. The number of hydrogen-bond donors (Lipinski definition) is 3. The standard InChI is InChI=1S/C29H29N5O3/c1-18-13-20(10-12-30-18)27-23-14-21(8-9-24(23)32-33-27)28(36)31-22-6-4-11-29(37,16-22)17-34-25-7-3-2-5-19(25)15-26(34)35/h2-3,5,7-10,12-14,22,37H,4,6,11,15-17H2,1H3,(H,31,36)(H,32,33)/t22-,29-/m1/s1. The molecule has 37 heavy (non-hydrogen) atoms. The minimum atomic E-state index is -1.05. The van der Waals surface area contributed by atoms with Gasteiger partial charge in [0.2, 0.25) is 5.91 Å². The molecule has 0 radical (unpaired) electrons. The Balaban J connectivity index is 1.18. The van der Waals surface area contributed by atoms with Crippen LogP contribution < -0.4 is 10.2 Å². The molecule has 8 nitrogen and oxygen atoms in total. The van der Waals surface area contributed by atoms with Crippen LogP contribution in [0.3, 0.4) is 0 Å². The summed E-state index contributed by atoms with van der Waals surface area (Å²) < 4.78 is 0. The molecule has 2 aromatic carbocycles. The van der Waals surface area contributed by atoms with Gasteiger partial charge in [-0.25, -0.2) is 0 Å². The number of carbonyl (C=O) groups excluding carboxylic acids is 2. The summed E-state index contributed by atoms with van der Waals surface area (Å²) >= 11 is 0. The molecule has 0 bridgehead atoms. The first-order valence-electron chi connectivity index (χ1n) is 12.7. The number of anilines is 1. The van der Waals surface area contributed by atoms with Gasteiger partial charge in [0.05, 0.1) is 24.1 Å². The number of aliphatic hydroxyl groups is 1. The lowest BCUT2D eigenvalue weighted by Crippen LogP contribution is -2.52. The van der Waals surface area contributed by atoms with Crippen LogP contribution in [-0.2, 0) is 11.2 Å². The summed E-state index contributed by atoms with van der Waals surface area (Å²) in [5.74, 6) is -0.175. The fraction of sp³-hybridized carbons (Fsp3) is 0.310. The lowest BCUT2D eigenvalue weighted by molar-refractivity contribution is -0.118. The molecule has 3 N–H and O–H groups in total. The van der Waals surface area contributed by atoms with E-state index in [-0.39, 0.29) is 24.4 Å². The van der Waals surface area contributed by atoms with Crippen LogP contribution in [0.25, 0.3) is 22.2 Å². The molecule has 6 rings (SSSR count). The van der Waals surface area contributed by atoms with E-state index >= 15 is 0 Å². The topological polar surface area (TPSA) is 111 Å². The third-order valence-electron chi connectivity index (χ3n) is 7.53. The molecule has 0 saturated heterocycles. The molecule has 2 amide bonds. The van der Waals surface area contributed by atoms with E-state index in [4.69, 9.17) is 0 Å². The predicted molar refractivity (Wildman–Crippen MR) is 141 cm³/mol. The van der Waals surface area contributed by atoms with Crippen LogP contribution in [0.1, 0.15) is 47.3 Å². The molecule has 0 spiro atoms. The van der Waals surface area contributed by atoms with Crippen molar-refractivity contribution in [3.05, 3.63) is 77.6 Å². The van der Waals surface area contributed by atoms with Gasteiger partial charge in [0.25, 0.3) is 5.91 Å². The summed E-state index contributed by atoms with van der Waals surface area (Å²) in [7, 11) is 0. The number of para-hydroxylation sites is 1. The molecule has 1 fully saturated rings. The summed E-state index contributed by atoms with van der Waals surface area (Å²) in [6.45, 7) is 2.17. The highest BCUT2D eigenvalue weighted by molar-refractivity contribution is 6.02. The SMILES string of the molecule is Cc1cc(-c2n[nH]c3ccc(C(=O)N[C@@H]4CCC[C@](O)(CN5C(=O)Cc6ccccc65)C4)cc23)ccn1. The van der Waals surface area contributed by atoms with E-state index in [2.05, 4.69) is 20.5 Å². The van der Waals surface area contributed by atoms with Gasteiger partial charge in [-0.15, -0.1) is 0 Å². The average molecular weight is 496 g/mol. The molecular weight excluding hydrogens is 466 g/mol. The number of aryl methyl sites for hydroxylation is 1. The number of aromatic nitrogens is 3. The van der Waals surface area contributed by atoms with Crippen molar-refractivity contribution in [2.75, 3.05) is 11.4 Å². The number of nitrogens with one attached hydrogen (secondary N) is 2. The zero-order chi connectivity index (χ0) is 25.6. The van der Waals surface area contributed by atoms with Crippen molar-refractivity contribution >= 4 is 28.4 Å². The first-order chi connectivity index (χ1) is 17.9. The van der Waals surface area contributed by atoms with Crippen LogP contribution in [-0.4, -0.2) is 50.3 Å². The van der Waals surface area contributed by atoms with E-state index in [1.807, 2.05) is 55.5 Å². The quantitative estimate of drug-likeness (QED) is 0.389. The van der Waals surface area contributed by atoms with Gasteiger partial charge in [-0.3, -0.25) is 19.7 Å². The van der Waals surface area contributed by atoms with Gasteiger partial charge in [0.15, 0.2) is 0 Å². The Bertz CT molecular complexity index is 1510. The zero-order valence-corrected chi connectivity index (χ0v) is 20.7. The van der Waals surface area contributed by atoms with E-state index < -0.39 is 5.60 Å². The fourth-order valence-electron chi connectivity index (χ4n) is 5.73. The van der Waals surface area contributed by atoms with Gasteiger partial charge >= 0.3 is 0 Å². The van der Waals surface area contributed by atoms with E-state index in [0.29, 0.717) is 24.8 Å². The highest BCUT2D eigenvalue weighted by atomic mass is 16.3. The summed E-state index contributed by atoms with van der Waals surface area (Å²) in [6, 6.07) is 16.9. The Labute approximate surface area is 214 Å². The number of amides is 2. The molecule has 1 aliphatic carbocycles. The molecule has 188 valence electrons. The van der Waals surface area contributed by atoms with E-state index in [9.17, 15) is 14.7 Å². The van der Waals surface area contributed by atoms with E-state index in [0.717, 1.165) is 51.9 Å². The van der Waals surface area contributed by atoms with Gasteiger partial charge in [-0.05, 0) is 74.6 Å². The second kappa shape index (κ2) is 9.12. The number of nitrogens with zero attached hydrogens (tertiary/aromatic N) is 3. The Hall–Kier alpha value is -4.04. The maximum absolute atomic E-state index is 13.3. The summed E-state index contributed by atoms with van der Waals surface area (Å²) in [6.07, 6.45) is 4.68. The lowest BCUT2D eigenvalue weighted by Gasteiger charge is -2.39. The van der Waals surface area contributed by atoms with Crippen molar-refractivity contribution in [1.82, 2.24) is 20.5 Å². The van der Waals surface area contributed by atoms with Crippen molar-refractivity contribution in [3.8, 4) is 11.3 Å². The fourth-order valence-corrected chi connectivity index (χ4v) is 5.73. The summed E-state index contributed by atoms with van der Waals surface area (Å²) in [5.41, 5.74) is 4.82. The number of benzene rings is 2. The van der Waals surface area contributed by atoms with Crippen LogP contribution in [0.2, 0.25) is 0 Å². The van der Waals surface area contributed by atoms with Crippen LogP contribution >= 0.6 is 0 Å². The molecule has 2 atom stereocenters. The minimum absolute atomic E-state index is 0.00870. The third kappa shape index (κ3) is 4.49. The molecule has 0 unspecified atom stereocenters. The molecule has 2 aliphatic rings. The average Bonchev–Trinajstić information content (AvgIpc) is 3.44. The molecular formula is C29H29N5O3. The monoisotopic (exact) mass is 495 g/mol. The smallest absolute Gasteiger partial charge is 0.251 e. The number of aromatic amines is 1. The molecule has 3 heterocycles. The molecule has 2 aromatic heterocycles. The molecule has 8 heteroatoms. The van der Waals surface area contributed by atoms with Gasteiger partial charge in [-0.2, -0.15) is 5.10 Å². The van der Waals surface area contributed by atoms with Crippen LogP contribution in [0.15, 0.2) is 60.8 Å². The van der Waals surface area contributed by atoms with E-state index in [1.165, 1.54) is 0 Å². The van der Waals surface area contributed by atoms with Gasteiger partial charge in [0.1, 0.15) is 5.69 Å². The zero-order valence-electron chi connectivity index (χ0n) is 20.7. The van der Waals surface area contributed by atoms with Gasteiger partial charge in [-0.1, -0.05) is 18.2 Å². The molecule has 4 aromatic rings. The maximum Gasteiger partial charge on any atom is 0.251 e. The van der Waals surface area contributed by atoms with Crippen molar-refractivity contribution in [3.63, 3.8) is 0 Å². The number of H-pyrrole nitrogens is 1. The van der Waals surface area contributed by atoms with Crippen LogP contribution in [0.5, 0.6) is 0 Å². The maximum atomic E-state index is 13.3. The van der Waals surface area contributed by atoms with Crippen molar-refractivity contribution in [2.24, 2.45) is 0 Å². The van der Waals surface area contributed by atoms with Crippen molar-refractivity contribution in [2.45, 2.75) is 50.7 Å². The highest BCUT2D eigenvalue weighted by Gasteiger charge is 2.40. The Morgan fingerprint density at radius 1 is 1.22 bits per heavy atom. The number of pyridine rings is 1. The largest absolute Gasteiger partial charge is 0.388 e. The number of carbonyl (C=O) groups is 2. The van der Waals surface area contributed by atoms with Crippen LogP contribution in [0.4, 0.5) is 5.69 Å². The van der Waals surface area contributed by atoms with Crippen molar-refractivity contribution in [1.29, 1.82) is 0 Å². The number of hydrogen-bond acceptors (Lipinski definition) is 5. The second-order valence-electron chi connectivity index (χ2n) is 10.3. The summed E-state index contributed by atoms with van der Waals surface area (Å²) in [5, 5.41) is 23.0. The van der Waals surface area contributed by atoms with Crippen molar-refractivity contribution < 1.29 is 14.7 Å². The number of rotatable bonds is 5. The van der Waals surface area contributed by atoms with Crippen LogP contribution in [0, 0.1) is 6.92 Å². The second-order valence-corrected chi connectivity index (χ2v) is 10.3. The molecule has 1 saturated carbocycles. The summed E-state index contributed by atoms with van der Waals surface area (Å²) in [4.78, 5) is 31.9. The van der Waals surface area contributed by atoms with Gasteiger partial charge < -0.3 is 15.3 Å². The Morgan fingerprint density at radius 3 is 2.95 bits per heavy atom. The lowest BCUT2D eigenvalue weighted by atomic mass is 9.81. The highest BCUT2D eigenvalue weighted by Crippen LogP contribution is 2.35. The number of fused-ring (bicyclic) bond motifs is 2. The Morgan fingerprint density at radius 2 is 2.08 bits per heavy atom. The van der Waals surface area contributed by atoms with E-state index in [1.54, 1.807) is 17.2 Å². The first-order valence-corrected chi connectivity index (χ1v) is 12.7. The van der Waals surface area contributed by atoms with Gasteiger partial charge in [0, 0.05) is 40.1 Å².